The summed E-state index contributed by atoms with van der Waals surface area (Å²) < 4.78 is 22.1. The summed E-state index contributed by atoms with van der Waals surface area (Å²) in [7, 11) is 4.73. The number of carbonyl (C=O) groups is 1. The van der Waals surface area contributed by atoms with Crippen molar-refractivity contribution in [3.05, 3.63) is 89.9 Å². The Kier molecular flexibility index (Phi) is 6.51. The minimum absolute atomic E-state index is 0.295. The zero-order chi connectivity index (χ0) is 25.9. The van der Waals surface area contributed by atoms with Crippen LogP contribution in [0, 0.1) is 0 Å². The first-order chi connectivity index (χ1) is 18.0. The fourth-order valence-corrected chi connectivity index (χ4v) is 4.40. The summed E-state index contributed by atoms with van der Waals surface area (Å²) in [5.74, 6) is 2.50. The Bertz CT molecular complexity index is 1460. The number of nitrogens with zero attached hydrogens (tertiary/aromatic N) is 3. The minimum Gasteiger partial charge on any atom is -0.497 e. The molecule has 0 radical (unpaired) electrons. The van der Waals surface area contributed by atoms with Crippen LogP contribution in [0.3, 0.4) is 0 Å². The quantitative estimate of drug-likeness (QED) is 0.361. The molecule has 3 aromatic carbocycles. The topological polar surface area (TPSA) is 99.0 Å². The summed E-state index contributed by atoms with van der Waals surface area (Å²) in [4.78, 5) is 19.8. The van der Waals surface area contributed by atoms with Gasteiger partial charge in [-0.2, -0.15) is 4.98 Å². The number of benzene rings is 3. The third kappa shape index (κ3) is 4.47. The van der Waals surface area contributed by atoms with E-state index in [0.29, 0.717) is 45.9 Å². The second kappa shape index (κ2) is 10.1. The minimum atomic E-state index is -0.585. The van der Waals surface area contributed by atoms with E-state index in [1.165, 1.54) is 0 Å². The molecule has 1 aromatic heterocycles. The Balaban J connectivity index is 1.67. The van der Waals surface area contributed by atoms with E-state index < -0.39 is 6.04 Å². The third-order valence-electron chi connectivity index (χ3n) is 6.23. The highest BCUT2D eigenvalue weighted by Gasteiger charge is 2.37. The molecule has 4 aromatic rings. The first kappa shape index (κ1) is 23.9. The maximum atomic E-state index is 13.5. The molecule has 5 rings (SSSR count). The van der Waals surface area contributed by atoms with E-state index in [9.17, 15) is 4.79 Å². The molecule has 2 heterocycles. The van der Waals surface area contributed by atoms with Crippen LogP contribution in [0.2, 0.25) is 0 Å². The lowest BCUT2D eigenvalue weighted by Crippen LogP contribution is -2.46. The SMILES string of the molecule is COc1cccc(N2C(=O)NC(c3ccc(OC)c(OC)c3)C(c3nc(-c4ccccc4)no3)=C2C)c1. The van der Waals surface area contributed by atoms with Crippen LogP contribution < -0.4 is 24.4 Å². The van der Waals surface area contributed by atoms with E-state index in [0.717, 1.165) is 11.1 Å². The molecule has 1 aliphatic heterocycles. The Labute approximate surface area is 214 Å². The van der Waals surface area contributed by atoms with Crippen molar-refractivity contribution in [2.75, 3.05) is 26.2 Å². The molecule has 1 unspecified atom stereocenters. The van der Waals surface area contributed by atoms with Crippen LogP contribution in [0.25, 0.3) is 17.0 Å². The number of methoxy groups -OCH3 is 3. The van der Waals surface area contributed by atoms with E-state index >= 15 is 0 Å². The van der Waals surface area contributed by atoms with Crippen LogP contribution in [0.15, 0.2) is 83.0 Å². The Hall–Kier alpha value is -4.79. The van der Waals surface area contributed by atoms with Gasteiger partial charge in [0.15, 0.2) is 11.5 Å². The number of ether oxygens (including phenoxy) is 3. The number of hydrogen-bond donors (Lipinski definition) is 1. The van der Waals surface area contributed by atoms with Crippen molar-refractivity contribution in [2.24, 2.45) is 0 Å². The molecule has 1 atom stereocenters. The van der Waals surface area contributed by atoms with Gasteiger partial charge in [0, 0.05) is 17.3 Å². The van der Waals surface area contributed by atoms with Gasteiger partial charge in [0.05, 0.1) is 38.6 Å². The molecule has 1 N–H and O–H groups in total. The number of anilines is 1. The molecule has 37 heavy (non-hydrogen) atoms. The fourth-order valence-electron chi connectivity index (χ4n) is 4.40. The molecule has 0 spiro atoms. The average Bonchev–Trinajstić information content (AvgIpc) is 3.42. The third-order valence-corrected chi connectivity index (χ3v) is 6.23. The van der Waals surface area contributed by atoms with Gasteiger partial charge in [0.25, 0.3) is 5.89 Å². The summed E-state index contributed by atoms with van der Waals surface area (Å²) in [6, 6.07) is 21.4. The predicted octanol–water partition coefficient (Wildman–Crippen LogP) is 5.46. The molecule has 0 saturated carbocycles. The summed E-state index contributed by atoms with van der Waals surface area (Å²) in [6.07, 6.45) is 0. The van der Waals surface area contributed by atoms with Gasteiger partial charge in [-0.3, -0.25) is 4.90 Å². The van der Waals surface area contributed by atoms with Gasteiger partial charge in [-0.15, -0.1) is 0 Å². The molecule has 1 aliphatic rings. The maximum absolute atomic E-state index is 13.5. The molecule has 2 amide bonds. The molecular weight excluding hydrogens is 472 g/mol. The van der Waals surface area contributed by atoms with Gasteiger partial charge in [-0.1, -0.05) is 47.6 Å². The number of amides is 2. The summed E-state index contributed by atoms with van der Waals surface area (Å²) in [5, 5.41) is 7.31. The highest BCUT2D eigenvalue weighted by molar-refractivity contribution is 6.01. The molecule has 9 nitrogen and oxygen atoms in total. The second-order valence-corrected chi connectivity index (χ2v) is 8.32. The van der Waals surface area contributed by atoms with E-state index in [4.69, 9.17) is 23.7 Å². The van der Waals surface area contributed by atoms with Crippen molar-refractivity contribution in [2.45, 2.75) is 13.0 Å². The first-order valence-corrected chi connectivity index (χ1v) is 11.6. The Morgan fingerprint density at radius 3 is 2.41 bits per heavy atom. The molecule has 0 fully saturated rings. The van der Waals surface area contributed by atoms with Crippen molar-refractivity contribution in [1.82, 2.24) is 15.5 Å². The van der Waals surface area contributed by atoms with E-state index in [-0.39, 0.29) is 6.03 Å². The number of urea groups is 1. The highest BCUT2D eigenvalue weighted by atomic mass is 16.5. The number of aromatic nitrogens is 2. The number of hydrogen-bond acceptors (Lipinski definition) is 7. The van der Waals surface area contributed by atoms with Crippen LogP contribution in [-0.2, 0) is 0 Å². The smallest absolute Gasteiger partial charge is 0.327 e. The lowest BCUT2D eigenvalue weighted by molar-refractivity contribution is 0.244. The monoisotopic (exact) mass is 498 g/mol. The van der Waals surface area contributed by atoms with Crippen LogP contribution in [0.5, 0.6) is 17.2 Å². The second-order valence-electron chi connectivity index (χ2n) is 8.32. The van der Waals surface area contributed by atoms with Crippen molar-refractivity contribution in [3.8, 4) is 28.6 Å². The standard InChI is InChI=1S/C28H26N4O5/c1-17-24(27-30-26(31-37-27)18-9-6-5-7-10-18)25(19-13-14-22(35-3)23(15-19)36-4)29-28(33)32(17)20-11-8-12-21(16-20)34-2/h5-16,25H,1-4H3,(H,29,33). The van der Waals surface area contributed by atoms with Crippen LogP contribution >= 0.6 is 0 Å². The first-order valence-electron chi connectivity index (χ1n) is 11.6. The lowest BCUT2D eigenvalue weighted by Gasteiger charge is -2.35. The lowest BCUT2D eigenvalue weighted by atomic mass is 9.94. The number of carbonyl (C=O) groups excluding carboxylic acids is 1. The van der Waals surface area contributed by atoms with Gasteiger partial charge >= 0.3 is 6.03 Å². The summed E-state index contributed by atoms with van der Waals surface area (Å²) >= 11 is 0. The number of nitrogens with one attached hydrogen (secondary N) is 1. The number of allylic oxidation sites excluding steroid dienone is 1. The van der Waals surface area contributed by atoms with Gasteiger partial charge in [-0.05, 0) is 36.8 Å². The summed E-state index contributed by atoms with van der Waals surface area (Å²) in [5.41, 5.74) is 3.53. The fraction of sp³-hybridized carbons (Fsp3) is 0.179. The zero-order valence-corrected chi connectivity index (χ0v) is 20.9. The zero-order valence-electron chi connectivity index (χ0n) is 20.9. The molecule has 0 aliphatic carbocycles. The van der Waals surface area contributed by atoms with Gasteiger partial charge in [0.1, 0.15) is 5.75 Å². The largest absolute Gasteiger partial charge is 0.497 e. The Morgan fingerprint density at radius 2 is 1.68 bits per heavy atom. The van der Waals surface area contributed by atoms with E-state index in [1.807, 2.05) is 67.6 Å². The number of rotatable bonds is 7. The molecule has 0 saturated heterocycles. The average molecular weight is 499 g/mol. The maximum Gasteiger partial charge on any atom is 0.327 e. The van der Waals surface area contributed by atoms with Crippen LogP contribution in [-0.4, -0.2) is 37.5 Å². The predicted molar refractivity (Wildman–Crippen MR) is 139 cm³/mol. The van der Waals surface area contributed by atoms with Gasteiger partial charge in [-0.25, -0.2) is 4.79 Å². The van der Waals surface area contributed by atoms with Crippen LogP contribution in [0.1, 0.15) is 24.4 Å². The van der Waals surface area contributed by atoms with Gasteiger partial charge in [0.2, 0.25) is 5.82 Å². The van der Waals surface area contributed by atoms with E-state index in [1.54, 1.807) is 38.4 Å². The molecular formula is C28H26N4O5. The van der Waals surface area contributed by atoms with Crippen molar-refractivity contribution < 1.29 is 23.5 Å². The Morgan fingerprint density at radius 1 is 0.892 bits per heavy atom. The molecule has 188 valence electrons. The molecule has 0 bridgehead atoms. The summed E-state index contributed by atoms with van der Waals surface area (Å²) in [6.45, 7) is 1.85. The molecule has 9 heteroatoms. The van der Waals surface area contributed by atoms with E-state index in [2.05, 4.69) is 10.5 Å². The normalized spacial score (nSPS) is 15.4. The van der Waals surface area contributed by atoms with Crippen molar-refractivity contribution in [3.63, 3.8) is 0 Å². The van der Waals surface area contributed by atoms with Gasteiger partial charge < -0.3 is 24.1 Å². The van der Waals surface area contributed by atoms with Crippen molar-refractivity contribution in [1.29, 1.82) is 0 Å². The highest BCUT2D eigenvalue weighted by Crippen LogP contribution is 2.41. The van der Waals surface area contributed by atoms with Crippen LogP contribution in [0.4, 0.5) is 10.5 Å². The van der Waals surface area contributed by atoms with Crippen molar-refractivity contribution >= 4 is 17.3 Å².